The number of para-hydroxylation sites is 1. The summed E-state index contributed by atoms with van der Waals surface area (Å²) >= 11 is 1.70. The lowest BCUT2D eigenvalue weighted by atomic mass is 9.92. The van der Waals surface area contributed by atoms with Gasteiger partial charge in [0.05, 0.1) is 0 Å². The maximum atomic E-state index is 13.6. The van der Waals surface area contributed by atoms with E-state index in [-0.39, 0.29) is 11.8 Å². The Morgan fingerprint density at radius 2 is 2.12 bits per heavy atom. The van der Waals surface area contributed by atoms with Crippen LogP contribution in [0.2, 0.25) is 0 Å². The molecule has 1 saturated heterocycles. The molecule has 2 aliphatic heterocycles. The van der Waals surface area contributed by atoms with Crippen LogP contribution in [0.15, 0.2) is 41.1 Å². The third kappa shape index (κ3) is 2.74. The van der Waals surface area contributed by atoms with Gasteiger partial charge in [-0.2, -0.15) is 11.3 Å². The van der Waals surface area contributed by atoms with E-state index in [1.165, 1.54) is 18.4 Å². The highest BCUT2D eigenvalue weighted by Crippen LogP contribution is 2.56. The molecular weight excluding hydrogens is 344 g/mol. The molecule has 4 nitrogen and oxygen atoms in total. The van der Waals surface area contributed by atoms with Crippen molar-refractivity contribution < 1.29 is 9.53 Å². The number of ether oxygens (including phenoxy) is 1. The van der Waals surface area contributed by atoms with E-state index < -0.39 is 0 Å². The summed E-state index contributed by atoms with van der Waals surface area (Å²) in [5.41, 5.74) is 2.63. The van der Waals surface area contributed by atoms with E-state index in [0.29, 0.717) is 18.1 Å². The Kier molecular flexibility index (Phi) is 4.02. The van der Waals surface area contributed by atoms with E-state index in [1.807, 2.05) is 24.3 Å². The zero-order valence-electron chi connectivity index (χ0n) is 14.8. The van der Waals surface area contributed by atoms with Crippen LogP contribution < -0.4 is 10.1 Å². The molecule has 1 spiro atoms. The summed E-state index contributed by atoms with van der Waals surface area (Å²) in [5, 5.41) is 7.72. The molecule has 1 aromatic heterocycles. The van der Waals surface area contributed by atoms with E-state index >= 15 is 0 Å². The van der Waals surface area contributed by atoms with Crippen molar-refractivity contribution in [3.63, 3.8) is 0 Å². The highest BCUT2D eigenvalue weighted by Gasteiger charge is 2.58. The Morgan fingerprint density at radius 3 is 2.92 bits per heavy atom. The normalized spacial score (nSPS) is 25.5. The summed E-state index contributed by atoms with van der Waals surface area (Å²) in [6.07, 6.45) is 3.52. The van der Waals surface area contributed by atoms with E-state index in [2.05, 4.69) is 27.0 Å². The number of amides is 1. The number of benzene rings is 1. The maximum absolute atomic E-state index is 13.6. The first kappa shape index (κ1) is 16.3. The lowest BCUT2D eigenvalue weighted by molar-refractivity contribution is -0.135. The predicted octanol–water partition coefficient (Wildman–Crippen LogP) is 3.40. The Balaban J connectivity index is 1.42. The number of rotatable bonds is 4. The van der Waals surface area contributed by atoms with Gasteiger partial charge in [0.25, 0.3) is 0 Å². The minimum Gasteiger partial charge on any atom is -0.492 e. The standard InChI is InChI=1S/C21H24N2O2S/c24-20(17-13-25-18-4-2-1-3-16(17)18)23(12-15-5-10-26-14-15)19-11-21(19)6-8-22-9-7-21/h1-5,10,14,17,19,22H,6-9,11-13H2/t17-,19+/m0/s1. The smallest absolute Gasteiger partial charge is 0.234 e. The summed E-state index contributed by atoms with van der Waals surface area (Å²) in [7, 11) is 0. The van der Waals surface area contributed by atoms with Crippen molar-refractivity contribution in [2.24, 2.45) is 5.41 Å². The molecule has 2 fully saturated rings. The minimum absolute atomic E-state index is 0.163. The predicted molar refractivity (Wildman–Crippen MR) is 102 cm³/mol. The van der Waals surface area contributed by atoms with Gasteiger partial charge in [0.1, 0.15) is 18.3 Å². The van der Waals surface area contributed by atoms with Gasteiger partial charge in [-0.15, -0.1) is 0 Å². The van der Waals surface area contributed by atoms with E-state index in [9.17, 15) is 4.79 Å². The van der Waals surface area contributed by atoms with Gasteiger partial charge in [0.2, 0.25) is 5.91 Å². The fourth-order valence-electron chi connectivity index (χ4n) is 4.72. The van der Waals surface area contributed by atoms with Crippen LogP contribution in [0.4, 0.5) is 0 Å². The van der Waals surface area contributed by atoms with E-state index in [4.69, 9.17) is 4.74 Å². The number of carbonyl (C=O) groups is 1. The number of hydrogen-bond donors (Lipinski definition) is 1. The topological polar surface area (TPSA) is 41.6 Å². The summed E-state index contributed by atoms with van der Waals surface area (Å²) in [6, 6.07) is 10.5. The third-order valence-corrected chi connectivity index (χ3v) is 7.07. The Bertz CT molecular complexity index is 798. The summed E-state index contributed by atoms with van der Waals surface area (Å²) in [5.74, 6) is 0.944. The zero-order chi connectivity index (χ0) is 17.6. The monoisotopic (exact) mass is 368 g/mol. The number of carbonyl (C=O) groups excluding carboxylic acids is 1. The SMILES string of the molecule is O=C([C@H]1COc2ccccc21)N(Cc1ccsc1)[C@@H]1CC12CCNCC2. The van der Waals surface area contributed by atoms with Crippen molar-refractivity contribution in [2.75, 3.05) is 19.7 Å². The number of thiophene rings is 1. The van der Waals surface area contributed by atoms with Crippen molar-refractivity contribution >= 4 is 17.2 Å². The van der Waals surface area contributed by atoms with Crippen LogP contribution in [0.25, 0.3) is 0 Å². The second-order valence-electron chi connectivity index (χ2n) is 7.83. The molecular formula is C21H24N2O2S. The number of nitrogens with zero attached hydrogens (tertiary/aromatic N) is 1. The second kappa shape index (κ2) is 6.39. The van der Waals surface area contributed by atoms with E-state index in [1.54, 1.807) is 11.3 Å². The summed E-state index contributed by atoms with van der Waals surface area (Å²) < 4.78 is 5.80. The van der Waals surface area contributed by atoms with Gasteiger partial charge in [-0.05, 0) is 66.2 Å². The van der Waals surface area contributed by atoms with Gasteiger partial charge >= 0.3 is 0 Å². The van der Waals surface area contributed by atoms with Crippen LogP contribution in [-0.4, -0.2) is 36.5 Å². The fraction of sp³-hybridized carbons (Fsp3) is 0.476. The second-order valence-corrected chi connectivity index (χ2v) is 8.61. The van der Waals surface area contributed by atoms with Crippen LogP contribution in [0.3, 0.4) is 0 Å². The Morgan fingerprint density at radius 1 is 1.27 bits per heavy atom. The Labute approximate surface area is 158 Å². The van der Waals surface area contributed by atoms with E-state index in [0.717, 1.165) is 37.4 Å². The van der Waals surface area contributed by atoms with Gasteiger partial charge in [-0.1, -0.05) is 18.2 Å². The summed E-state index contributed by atoms with van der Waals surface area (Å²) in [6.45, 7) is 3.35. The summed E-state index contributed by atoms with van der Waals surface area (Å²) in [4.78, 5) is 15.7. The van der Waals surface area contributed by atoms with Crippen molar-refractivity contribution in [1.29, 1.82) is 0 Å². The lowest BCUT2D eigenvalue weighted by Gasteiger charge is -2.31. The zero-order valence-corrected chi connectivity index (χ0v) is 15.6. The molecule has 0 bridgehead atoms. The minimum atomic E-state index is -0.163. The van der Waals surface area contributed by atoms with Gasteiger partial charge in [0, 0.05) is 18.2 Å². The van der Waals surface area contributed by atoms with Gasteiger partial charge in [-0.25, -0.2) is 0 Å². The lowest BCUT2D eigenvalue weighted by Crippen LogP contribution is -2.41. The molecule has 1 aliphatic carbocycles. The number of piperidine rings is 1. The van der Waals surface area contributed by atoms with Gasteiger partial charge in [-0.3, -0.25) is 4.79 Å². The molecule has 1 N–H and O–H groups in total. The molecule has 136 valence electrons. The molecule has 5 heteroatoms. The first-order valence-corrected chi connectivity index (χ1v) is 10.5. The van der Waals surface area contributed by atoms with Gasteiger partial charge < -0.3 is 15.0 Å². The van der Waals surface area contributed by atoms with Crippen LogP contribution in [-0.2, 0) is 11.3 Å². The quantitative estimate of drug-likeness (QED) is 0.899. The Hall–Kier alpha value is -1.85. The molecule has 1 aromatic carbocycles. The largest absolute Gasteiger partial charge is 0.492 e. The van der Waals surface area contributed by atoms with Gasteiger partial charge in [0.15, 0.2) is 0 Å². The van der Waals surface area contributed by atoms with Crippen LogP contribution in [0.1, 0.15) is 36.3 Å². The highest BCUT2D eigenvalue weighted by atomic mass is 32.1. The molecule has 26 heavy (non-hydrogen) atoms. The van der Waals surface area contributed by atoms with Crippen molar-refractivity contribution in [2.45, 2.75) is 37.8 Å². The molecule has 2 atom stereocenters. The van der Waals surface area contributed by atoms with Crippen molar-refractivity contribution in [1.82, 2.24) is 10.2 Å². The molecule has 1 amide bonds. The van der Waals surface area contributed by atoms with Crippen LogP contribution >= 0.6 is 11.3 Å². The molecule has 0 radical (unpaired) electrons. The molecule has 0 unspecified atom stereocenters. The van der Waals surface area contributed by atoms with Crippen LogP contribution in [0, 0.1) is 5.41 Å². The average molecular weight is 369 g/mol. The maximum Gasteiger partial charge on any atom is 0.234 e. The fourth-order valence-corrected chi connectivity index (χ4v) is 5.38. The number of fused-ring (bicyclic) bond motifs is 1. The molecule has 3 heterocycles. The number of hydrogen-bond acceptors (Lipinski definition) is 4. The first-order chi connectivity index (χ1) is 12.8. The van der Waals surface area contributed by atoms with Crippen LogP contribution in [0.5, 0.6) is 5.75 Å². The first-order valence-electron chi connectivity index (χ1n) is 9.51. The molecule has 1 saturated carbocycles. The molecule has 3 aliphatic rings. The van der Waals surface area contributed by atoms with Crippen molar-refractivity contribution in [3.05, 3.63) is 52.2 Å². The molecule has 5 rings (SSSR count). The molecule has 2 aromatic rings. The third-order valence-electron chi connectivity index (χ3n) is 6.34. The highest BCUT2D eigenvalue weighted by molar-refractivity contribution is 7.07. The van der Waals surface area contributed by atoms with Crippen molar-refractivity contribution in [3.8, 4) is 5.75 Å². The number of nitrogens with one attached hydrogen (secondary N) is 1. The average Bonchev–Trinajstić information content (AvgIpc) is 3.08.